The van der Waals surface area contributed by atoms with Gasteiger partial charge >= 0.3 is 0 Å². The number of hydrogen-bond acceptors (Lipinski definition) is 2. The van der Waals surface area contributed by atoms with Crippen molar-refractivity contribution in [1.29, 1.82) is 5.26 Å². The molecule has 2 N–H and O–H groups in total. The van der Waals surface area contributed by atoms with Crippen LogP contribution in [0.25, 0.3) is 0 Å². The number of nitrogens with two attached hydrogens (primary N) is 1. The maximum absolute atomic E-state index is 12.1. The third-order valence-electron chi connectivity index (χ3n) is 1.69. The molecule has 0 unspecified atom stereocenters. The maximum atomic E-state index is 12.1. The molecule has 0 aliphatic rings. The molecule has 0 fully saturated rings. The molecule has 2 nitrogen and oxygen atoms in total. The van der Waals surface area contributed by atoms with Gasteiger partial charge in [-0.05, 0) is 5.56 Å². The van der Waals surface area contributed by atoms with Crippen LogP contribution in [0, 0.1) is 11.3 Å². The van der Waals surface area contributed by atoms with E-state index in [1.165, 1.54) is 24.3 Å². The molecule has 0 spiro atoms. The van der Waals surface area contributed by atoms with Crippen LogP contribution in [0.15, 0.2) is 24.3 Å². The molecule has 0 aliphatic carbocycles. The molecule has 1 rings (SSSR count). The second kappa shape index (κ2) is 3.97. The molecule has 0 heterocycles. The van der Waals surface area contributed by atoms with Crippen molar-refractivity contribution in [2.45, 2.75) is 12.5 Å². The van der Waals surface area contributed by atoms with E-state index < -0.39 is 12.5 Å². The Labute approximate surface area is 74.6 Å². The summed E-state index contributed by atoms with van der Waals surface area (Å²) in [6.45, 7) is 0. The quantitative estimate of drug-likeness (QED) is 0.761. The normalized spacial score (nSPS) is 12.5. The second-order valence-electron chi connectivity index (χ2n) is 2.57. The SMILES string of the molecule is N#C[C@@H](N)c1ccc(C(F)F)cc1. The summed E-state index contributed by atoms with van der Waals surface area (Å²) in [4.78, 5) is 0. The van der Waals surface area contributed by atoms with Gasteiger partial charge in [0, 0.05) is 5.56 Å². The van der Waals surface area contributed by atoms with E-state index in [4.69, 9.17) is 11.0 Å². The Balaban J connectivity index is 2.89. The Hall–Kier alpha value is -1.47. The van der Waals surface area contributed by atoms with Crippen molar-refractivity contribution in [3.8, 4) is 6.07 Å². The highest BCUT2D eigenvalue weighted by Gasteiger charge is 2.08. The fraction of sp³-hybridized carbons (Fsp3) is 0.222. The standard InChI is InChI=1S/C9H8F2N2/c10-9(11)7-3-1-6(2-4-7)8(13)5-12/h1-4,8-9H,13H2/t8-/m1/s1. The zero-order valence-electron chi connectivity index (χ0n) is 6.74. The molecular weight excluding hydrogens is 174 g/mol. The number of nitrogens with zero attached hydrogens (tertiary/aromatic N) is 1. The topological polar surface area (TPSA) is 49.8 Å². The van der Waals surface area contributed by atoms with Crippen molar-refractivity contribution in [3.05, 3.63) is 35.4 Å². The van der Waals surface area contributed by atoms with Gasteiger partial charge in [-0.15, -0.1) is 0 Å². The van der Waals surface area contributed by atoms with Gasteiger partial charge in [-0.2, -0.15) is 5.26 Å². The molecule has 0 radical (unpaired) electrons. The van der Waals surface area contributed by atoms with Gasteiger partial charge in [0.05, 0.1) is 6.07 Å². The van der Waals surface area contributed by atoms with Crippen LogP contribution in [-0.4, -0.2) is 0 Å². The van der Waals surface area contributed by atoms with Gasteiger partial charge in [0.25, 0.3) is 6.43 Å². The smallest absolute Gasteiger partial charge is 0.263 e. The number of rotatable bonds is 2. The molecule has 68 valence electrons. The van der Waals surface area contributed by atoms with E-state index in [9.17, 15) is 8.78 Å². The summed E-state index contributed by atoms with van der Waals surface area (Å²) in [5.41, 5.74) is 5.86. The molecule has 0 saturated heterocycles. The van der Waals surface area contributed by atoms with Crippen LogP contribution >= 0.6 is 0 Å². The van der Waals surface area contributed by atoms with Crippen molar-refractivity contribution < 1.29 is 8.78 Å². The number of hydrogen-bond donors (Lipinski definition) is 1. The largest absolute Gasteiger partial charge is 0.312 e. The minimum Gasteiger partial charge on any atom is -0.312 e. The molecule has 13 heavy (non-hydrogen) atoms. The van der Waals surface area contributed by atoms with Gasteiger partial charge in [0.15, 0.2) is 0 Å². The lowest BCUT2D eigenvalue weighted by molar-refractivity contribution is 0.151. The zero-order valence-corrected chi connectivity index (χ0v) is 6.74. The highest BCUT2D eigenvalue weighted by Crippen LogP contribution is 2.20. The van der Waals surface area contributed by atoms with E-state index >= 15 is 0 Å². The first-order valence-corrected chi connectivity index (χ1v) is 3.68. The van der Waals surface area contributed by atoms with Crippen LogP contribution in [0.3, 0.4) is 0 Å². The van der Waals surface area contributed by atoms with Crippen LogP contribution in [0.5, 0.6) is 0 Å². The summed E-state index contributed by atoms with van der Waals surface area (Å²) in [5, 5.41) is 8.44. The molecule has 0 aromatic heterocycles. The highest BCUT2D eigenvalue weighted by molar-refractivity contribution is 5.28. The highest BCUT2D eigenvalue weighted by atomic mass is 19.3. The molecule has 0 bridgehead atoms. The fourth-order valence-electron chi connectivity index (χ4n) is 0.923. The first kappa shape index (κ1) is 9.62. The summed E-state index contributed by atoms with van der Waals surface area (Å²) in [7, 11) is 0. The molecule has 1 aromatic carbocycles. The van der Waals surface area contributed by atoms with E-state index in [0.717, 1.165) is 0 Å². The molecular formula is C9H8F2N2. The van der Waals surface area contributed by atoms with Gasteiger partial charge in [-0.1, -0.05) is 24.3 Å². The first-order chi connectivity index (χ1) is 6.15. The van der Waals surface area contributed by atoms with Crippen molar-refractivity contribution in [2.75, 3.05) is 0 Å². The Morgan fingerprint density at radius 2 is 1.62 bits per heavy atom. The summed E-state index contributed by atoms with van der Waals surface area (Å²) in [6.07, 6.45) is -2.48. The first-order valence-electron chi connectivity index (χ1n) is 3.68. The lowest BCUT2D eigenvalue weighted by Crippen LogP contribution is -2.06. The molecule has 0 aliphatic heterocycles. The van der Waals surface area contributed by atoms with Gasteiger partial charge in [0.2, 0.25) is 0 Å². The maximum Gasteiger partial charge on any atom is 0.263 e. The zero-order chi connectivity index (χ0) is 9.84. The van der Waals surface area contributed by atoms with Gasteiger partial charge in [0.1, 0.15) is 6.04 Å². The molecule has 4 heteroatoms. The Morgan fingerprint density at radius 3 is 2.00 bits per heavy atom. The van der Waals surface area contributed by atoms with Crippen LogP contribution in [0.1, 0.15) is 23.6 Å². The Morgan fingerprint density at radius 1 is 1.15 bits per heavy atom. The van der Waals surface area contributed by atoms with E-state index in [1.54, 1.807) is 0 Å². The average molecular weight is 182 g/mol. The third kappa shape index (κ3) is 2.23. The minimum atomic E-state index is -2.48. The van der Waals surface area contributed by atoms with E-state index in [1.807, 2.05) is 6.07 Å². The number of benzene rings is 1. The molecule has 0 amide bonds. The molecule has 0 saturated carbocycles. The summed E-state index contributed by atoms with van der Waals surface area (Å²) in [5.74, 6) is 0. The van der Waals surface area contributed by atoms with Crippen molar-refractivity contribution in [3.63, 3.8) is 0 Å². The van der Waals surface area contributed by atoms with Crippen molar-refractivity contribution in [1.82, 2.24) is 0 Å². The predicted octanol–water partition coefficient (Wildman–Crippen LogP) is 2.15. The third-order valence-corrected chi connectivity index (χ3v) is 1.69. The number of nitriles is 1. The predicted molar refractivity (Wildman–Crippen MR) is 43.9 cm³/mol. The van der Waals surface area contributed by atoms with Gasteiger partial charge < -0.3 is 5.73 Å². The lowest BCUT2D eigenvalue weighted by Gasteiger charge is -2.04. The van der Waals surface area contributed by atoms with Gasteiger partial charge in [-0.3, -0.25) is 0 Å². The van der Waals surface area contributed by atoms with Crippen LogP contribution in [-0.2, 0) is 0 Å². The Kier molecular flexibility index (Phi) is 2.93. The summed E-state index contributed by atoms with van der Waals surface area (Å²) >= 11 is 0. The number of alkyl halides is 2. The number of halogens is 2. The monoisotopic (exact) mass is 182 g/mol. The minimum absolute atomic E-state index is 0.0612. The summed E-state index contributed by atoms with van der Waals surface area (Å²) < 4.78 is 24.2. The van der Waals surface area contributed by atoms with E-state index in [0.29, 0.717) is 5.56 Å². The average Bonchev–Trinajstić information content (AvgIpc) is 2.17. The summed E-state index contributed by atoms with van der Waals surface area (Å²) in [6, 6.07) is 6.51. The van der Waals surface area contributed by atoms with E-state index in [2.05, 4.69) is 0 Å². The molecule has 1 atom stereocenters. The van der Waals surface area contributed by atoms with Crippen LogP contribution < -0.4 is 5.73 Å². The fourth-order valence-corrected chi connectivity index (χ4v) is 0.923. The van der Waals surface area contributed by atoms with Crippen molar-refractivity contribution in [2.24, 2.45) is 5.73 Å². The second-order valence-corrected chi connectivity index (χ2v) is 2.57. The van der Waals surface area contributed by atoms with Crippen LogP contribution in [0.2, 0.25) is 0 Å². The van der Waals surface area contributed by atoms with Crippen LogP contribution in [0.4, 0.5) is 8.78 Å². The van der Waals surface area contributed by atoms with Crippen molar-refractivity contribution >= 4 is 0 Å². The molecule has 1 aromatic rings. The van der Waals surface area contributed by atoms with E-state index in [-0.39, 0.29) is 5.56 Å². The van der Waals surface area contributed by atoms with Gasteiger partial charge in [-0.25, -0.2) is 8.78 Å². The lowest BCUT2D eigenvalue weighted by atomic mass is 10.1. The Bertz CT molecular complexity index is 313.